The van der Waals surface area contributed by atoms with Gasteiger partial charge >= 0.3 is 0 Å². The molecule has 2 fully saturated rings. The van der Waals surface area contributed by atoms with E-state index in [4.69, 9.17) is 0 Å². The van der Waals surface area contributed by atoms with Crippen LogP contribution in [0.15, 0.2) is 24.5 Å². The molecule has 2 amide bonds. The van der Waals surface area contributed by atoms with Crippen LogP contribution in [-0.2, 0) is 16.0 Å². The molecule has 1 spiro atoms. The van der Waals surface area contributed by atoms with Gasteiger partial charge in [-0.3, -0.25) is 19.5 Å². The smallest absolute Gasteiger partial charge is 0.223 e. The standard InChI is InChI=1S/C20H30N4O2/c1-3-23-12-10-20(9-8-19(23)26)16-24(14-13-22(20)2)18(25)7-6-17-5-4-11-21-15-17/h4-5,11,15H,3,6-10,12-14,16H2,1-2H3/t20-/m1/s1. The van der Waals surface area contributed by atoms with Crippen molar-refractivity contribution >= 4 is 11.8 Å². The lowest BCUT2D eigenvalue weighted by molar-refractivity contribution is -0.136. The van der Waals surface area contributed by atoms with Gasteiger partial charge in [0.15, 0.2) is 0 Å². The SMILES string of the molecule is CCN1CC[C@]2(CCC1=O)CN(C(=O)CCc1cccnc1)CCN2C. The Kier molecular flexibility index (Phi) is 5.91. The average molecular weight is 358 g/mol. The summed E-state index contributed by atoms with van der Waals surface area (Å²) >= 11 is 0. The first-order valence-electron chi connectivity index (χ1n) is 9.70. The number of aryl methyl sites for hydroxylation is 1. The van der Waals surface area contributed by atoms with E-state index in [9.17, 15) is 9.59 Å². The van der Waals surface area contributed by atoms with E-state index in [1.165, 1.54) is 0 Å². The van der Waals surface area contributed by atoms with Crippen molar-refractivity contribution in [2.24, 2.45) is 0 Å². The molecule has 1 aromatic heterocycles. The van der Waals surface area contributed by atoms with Crippen LogP contribution in [0.5, 0.6) is 0 Å². The van der Waals surface area contributed by atoms with Crippen LogP contribution < -0.4 is 0 Å². The van der Waals surface area contributed by atoms with Gasteiger partial charge < -0.3 is 9.80 Å². The average Bonchev–Trinajstić information content (AvgIpc) is 2.82. The fourth-order valence-corrected chi connectivity index (χ4v) is 4.20. The quantitative estimate of drug-likeness (QED) is 0.820. The minimum atomic E-state index is -0.0677. The largest absolute Gasteiger partial charge is 0.343 e. The van der Waals surface area contributed by atoms with Crippen molar-refractivity contribution in [2.45, 2.75) is 44.6 Å². The van der Waals surface area contributed by atoms with Gasteiger partial charge in [0.1, 0.15) is 0 Å². The molecule has 0 saturated carbocycles. The maximum atomic E-state index is 12.8. The van der Waals surface area contributed by atoms with E-state index in [0.29, 0.717) is 12.8 Å². The molecule has 0 bridgehead atoms. The van der Waals surface area contributed by atoms with Crippen molar-refractivity contribution in [2.75, 3.05) is 39.8 Å². The molecular weight excluding hydrogens is 328 g/mol. The highest BCUT2D eigenvalue weighted by Crippen LogP contribution is 2.32. The molecule has 26 heavy (non-hydrogen) atoms. The summed E-state index contributed by atoms with van der Waals surface area (Å²) in [6, 6.07) is 3.93. The predicted octanol–water partition coefficient (Wildman–Crippen LogP) is 1.56. The Balaban J connectivity index is 1.63. The second-order valence-corrected chi connectivity index (χ2v) is 7.55. The molecule has 142 valence electrons. The molecule has 2 saturated heterocycles. The number of hydrogen-bond acceptors (Lipinski definition) is 4. The van der Waals surface area contributed by atoms with E-state index >= 15 is 0 Å². The van der Waals surface area contributed by atoms with Crippen LogP contribution in [0.1, 0.15) is 38.2 Å². The molecule has 0 aromatic carbocycles. The summed E-state index contributed by atoms with van der Waals surface area (Å²) in [6.45, 7) is 5.98. The van der Waals surface area contributed by atoms with Gasteiger partial charge in [-0.05, 0) is 44.9 Å². The van der Waals surface area contributed by atoms with Crippen molar-refractivity contribution in [1.29, 1.82) is 0 Å². The Hall–Kier alpha value is -1.95. The Morgan fingerprint density at radius 1 is 1.27 bits per heavy atom. The van der Waals surface area contributed by atoms with E-state index in [2.05, 4.69) is 16.9 Å². The van der Waals surface area contributed by atoms with Gasteiger partial charge in [-0.1, -0.05) is 6.07 Å². The van der Waals surface area contributed by atoms with Gasteiger partial charge in [0.2, 0.25) is 11.8 Å². The maximum absolute atomic E-state index is 12.8. The monoisotopic (exact) mass is 358 g/mol. The van der Waals surface area contributed by atoms with Crippen molar-refractivity contribution in [3.8, 4) is 0 Å². The van der Waals surface area contributed by atoms with Gasteiger partial charge in [-0.2, -0.15) is 0 Å². The first kappa shape index (κ1) is 18.8. The molecular formula is C20H30N4O2. The number of rotatable bonds is 4. The molecule has 6 nitrogen and oxygen atoms in total. The fourth-order valence-electron chi connectivity index (χ4n) is 4.20. The Bertz CT molecular complexity index is 636. The van der Waals surface area contributed by atoms with E-state index in [0.717, 1.165) is 57.5 Å². The van der Waals surface area contributed by atoms with E-state index in [1.54, 1.807) is 6.20 Å². The number of pyridine rings is 1. The molecule has 6 heteroatoms. The van der Waals surface area contributed by atoms with E-state index in [1.807, 2.05) is 35.1 Å². The lowest BCUT2D eigenvalue weighted by Crippen LogP contribution is -2.62. The highest BCUT2D eigenvalue weighted by atomic mass is 16.2. The predicted molar refractivity (Wildman–Crippen MR) is 101 cm³/mol. The van der Waals surface area contributed by atoms with E-state index in [-0.39, 0.29) is 17.4 Å². The lowest BCUT2D eigenvalue weighted by atomic mass is 9.86. The molecule has 0 N–H and O–H groups in total. The van der Waals surface area contributed by atoms with Crippen molar-refractivity contribution in [1.82, 2.24) is 19.7 Å². The molecule has 0 radical (unpaired) electrons. The molecule has 2 aliphatic heterocycles. The summed E-state index contributed by atoms with van der Waals surface area (Å²) in [5.41, 5.74) is 1.03. The third-order valence-electron chi connectivity index (χ3n) is 6.09. The normalized spacial score (nSPS) is 24.8. The topological polar surface area (TPSA) is 56.8 Å². The minimum absolute atomic E-state index is 0.0677. The van der Waals surface area contributed by atoms with Crippen molar-refractivity contribution < 1.29 is 9.59 Å². The summed E-state index contributed by atoms with van der Waals surface area (Å²) in [6.07, 6.45) is 7.19. The molecule has 1 atom stereocenters. The third kappa shape index (κ3) is 4.06. The molecule has 0 unspecified atom stereocenters. The van der Waals surface area contributed by atoms with Gasteiger partial charge in [-0.15, -0.1) is 0 Å². The number of nitrogens with zero attached hydrogens (tertiary/aromatic N) is 4. The number of aromatic nitrogens is 1. The van der Waals surface area contributed by atoms with Crippen LogP contribution in [0.4, 0.5) is 0 Å². The van der Waals surface area contributed by atoms with Crippen LogP contribution in [0.2, 0.25) is 0 Å². The Labute approximate surface area is 156 Å². The third-order valence-corrected chi connectivity index (χ3v) is 6.09. The zero-order valence-corrected chi connectivity index (χ0v) is 16.0. The van der Waals surface area contributed by atoms with Crippen LogP contribution >= 0.6 is 0 Å². The summed E-state index contributed by atoms with van der Waals surface area (Å²) in [5, 5.41) is 0. The number of piperazine rings is 1. The summed E-state index contributed by atoms with van der Waals surface area (Å²) in [4.78, 5) is 35.5. The van der Waals surface area contributed by atoms with Gasteiger partial charge in [0.05, 0.1) is 0 Å². The molecule has 3 heterocycles. The molecule has 0 aliphatic carbocycles. The molecule has 2 aliphatic rings. The molecule has 1 aromatic rings. The summed E-state index contributed by atoms with van der Waals surface area (Å²) in [5.74, 6) is 0.460. The number of hydrogen-bond donors (Lipinski definition) is 0. The lowest BCUT2D eigenvalue weighted by Gasteiger charge is -2.49. The van der Waals surface area contributed by atoms with Gasteiger partial charge in [0, 0.05) is 63.5 Å². The van der Waals surface area contributed by atoms with Crippen LogP contribution in [0.25, 0.3) is 0 Å². The van der Waals surface area contributed by atoms with Crippen LogP contribution in [0.3, 0.4) is 0 Å². The Morgan fingerprint density at radius 3 is 2.85 bits per heavy atom. The molecule has 3 rings (SSSR count). The summed E-state index contributed by atoms with van der Waals surface area (Å²) < 4.78 is 0. The van der Waals surface area contributed by atoms with E-state index < -0.39 is 0 Å². The van der Waals surface area contributed by atoms with Crippen molar-refractivity contribution in [3.63, 3.8) is 0 Å². The first-order valence-corrected chi connectivity index (χ1v) is 9.70. The second-order valence-electron chi connectivity index (χ2n) is 7.55. The van der Waals surface area contributed by atoms with Crippen LogP contribution in [0, 0.1) is 0 Å². The van der Waals surface area contributed by atoms with Crippen molar-refractivity contribution in [3.05, 3.63) is 30.1 Å². The fraction of sp³-hybridized carbons (Fsp3) is 0.650. The number of likely N-dealkylation sites (N-methyl/N-ethyl adjacent to an activating group) is 1. The van der Waals surface area contributed by atoms with Crippen LogP contribution in [-0.4, -0.2) is 76.8 Å². The minimum Gasteiger partial charge on any atom is -0.343 e. The highest BCUT2D eigenvalue weighted by Gasteiger charge is 2.43. The van der Waals surface area contributed by atoms with Gasteiger partial charge in [0.25, 0.3) is 0 Å². The number of carbonyl (C=O) groups is 2. The number of likely N-dealkylation sites (tertiary alicyclic amines) is 1. The second kappa shape index (κ2) is 8.16. The zero-order chi connectivity index (χ0) is 18.6. The maximum Gasteiger partial charge on any atom is 0.223 e. The first-order chi connectivity index (χ1) is 12.5. The van der Waals surface area contributed by atoms with Gasteiger partial charge in [-0.25, -0.2) is 0 Å². The number of amides is 2. The zero-order valence-electron chi connectivity index (χ0n) is 16.0. The summed E-state index contributed by atoms with van der Waals surface area (Å²) in [7, 11) is 2.14. The number of carbonyl (C=O) groups excluding carboxylic acids is 2. The highest BCUT2D eigenvalue weighted by molar-refractivity contribution is 5.77. The Morgan fingerprint density at radius 2 is 2.12 bits per heavy atom.